The van der Waals surface area contributed by atoms with Gasteiger partial charge in [0.15, 0.2) is 0 Å². The quantitative estimate of drug-likeness (QED) is 0.310. The van der Waals surface area contributed by atoms with Crippen molar-refractivity contribution in [3.05, 3.63) is 87.5 Å². The van der Waals surface area contributed by atoms with E-state index in [1.165, 1.54) is 55.2 Å². The highest BCUT2D eigenvalue weighted by molar-refractivity contribution is 5.56. The molecule has 0 aliphatic heterocycles. The van der Waals surface area contributed by atoms with E-state index in [2.05, 4.69) is 50.2 Å². The fourth-order valence-electron chi connectivity index (χ4n) is 7.01. The van der Waals surface area contributed by atoms with Gasteiger partial charge in [0.05, 0.1) is 6.61 Å². The molecule has 2 N–H and O–H groups in total. The Morgan fingerprint density at radius 2 is 1.13 bits per heavy atom. The summed E-state index contributed by atoms with van der Waals surface area (Å²) in [4.78, 5) is 0. The minimum absolute atomic E-state index is 0.0107. The van der Waals surface area contributed by atoms with E-state index in [0.29, 0.717) is 29.9 Å². The summed E-state index contributed by atoms with van der Waals surface area (Å²) >= 11 is 0. The van der Waals surface area contributed by atoms with E-state index in [1.54, 1.807) is 0 Å². The zero-order valence-electron chi connectivity index (χ0n) is 23.4. The van der Waals surface area contributed by atoms with E-state index in [4.69, 9.17) is 4.74 Å². The lowest BCUT2D eigenvalue weighted by molar-refractivity contribution is 0.340. The lowest BCUT2D eigenvalue weighted by Crippen LogP contribution is -2.12. The molecule has 0 radical (unpaired) electrons. The maximum atomic E-state index is 11.0. The van der Waals surface area contributed by atoms with Crippen molar-refractivity contribution in [2.75, 3.05) is 6.61 Å². The lowest BCUT2D eigenvalue weighted by Gasteiger charge is -2.29. The molecule has 0 atom stereocenters. The van der Waals surface area contributed by atoms with Gasteiger partial charge >= 0.3 is 0 Å². The van der Waals surface area contributed by atoms with Crippen LogP contribution in [0.5, 0.6) is 17.2 Å². The second-order valence-corrected chi connectivity index (χ2v) is 11.6. The molecule has 0 amide bonds. The number of ether oxygens (including phenoxy) is 1. The van der Waals surface area contributed by atoms with Gasteiger partial charge in [-0.1, -0.05) is 62.8 Å². The van der Waals surface area contributed by atoms with Crippen molar-refractivity contribution in [2.24, 2.45) is 0 Å². The smallest absolute Gasteiger partial charge is 0.119 e. The predicted molar refractivity (Wildman–Crippen MR) is 156 cm³/mol. The van der Waals surface area contributed by atoms with Crippen molar-refractivity contribution in [3.63, 3.8) is 0 Å². The summed E-state index contributed by atoms with van der Waals surface area (Å²) in [6.07, 6.45) is 12.1. The van der Waals surface area contributed by atoms with Crippen molar-refractivity contribution >= 4 is 0 Å². The highest BCUT2D eigenvalue weighted by Gasteiger charge is 2.28. The normalized spacial score (nSPS) is 17.2. The van der Waals surface area contributed by atoms with Crippen LogP contribution in [0.3, 0.4) is 0 Å². The van der Waals surface area contributed by atoms with Crippen LogP contribution in [0.2, 0.25) is 0 Å². The van der Waals surface area contributed by atoms with Crippen LogP contribution in [0.1, 0.15) is 128 Å². The van der Waals surface area contributed by atoms with Crippen molar-refractivity contribution in [2.45, 2.75) is 103 Å². The van der Waals surface area contributed by atoms with Crippen molar-refractivity contribution < 1.29 is 14.9 Å². The summed E-state index contributed by atoms with van der Waals surface area (Å²) in [6, 6.07) is 17.1. The van der Waals surface area contributed by atoms with Crippen LogP contribution in [0.15, 0.2) is 48.5 Å². The van der Waals surface area contributed by atoms with Crippen molar-refractivity contribution in [1.82, 2.24) is 0 Å². The first-order valence-corrected chi connectivity index (χ1v) is 14.9. The van der Waals surface area contributed by atoms with Gasteiger partial charge in [-0.2, -0.15) is 0 Å². The van der Waals surface area contributed by atoms with Crippen LogP contribution in [0.4, 0.5) is 0 Å². The molecule has 2 aliphatic rings. The minimum Gasteiger partial charge on any atom is -0.508 e. The van der Waals surface area contributed by atoms with E-state index in [-0.39, 0.29) is 5.92 Å². The average Bonchev–Trinajstić information content (AvgIpc) is 2.93. The third-order valence-corrected chi connectivity index (χ3v) is 9.07. The molecular weight excluding hydrogens is 468 g/mol. The van der Waals surface area contributed by atoms with Gasteiger partial charge < -0.3 is 14.9 Å². The van der Waals surface area contributed by atoms with Gasteiger partial charge in [-0.3, -0.25) is 0 Å². The average molecular weight is 513 g/mol. The fourth-order valence-corrected chi connectivity index (χ4v) is 7.01. The second kappa shape index (κ2) is 11.8. The van der Waals surface area contributed by atoms with Gasteiger partial charge in [-0.05, 0) is 121 Å². The molecule has 2 aliphatic carbocycles. The number of hydrogen-bond donors (Lipinski definition) is 2. The molecule has 3 aromatic carbocycles. The van der Waals surface area contributed by atoms with Gasteiger partial charge in [0.25, 0.3) is 0 Å². The Hall–Kier alpha value is -2.94. The molecule has 2 fully saturated rings. The molecule has 0 saturated heterocycles. The maximum absolute atomic E-state index is 11.0. The monoisotopic (exact) mass is 512 g/mol. The summed E-state index contributed by atoms with van der Waals surface area (Å²) in [6.45, 7) is 6.90. The Labute approximate surface area is 228 Å². The molecule has 3 nitrogen and oxygen atoms in total. The van der Waals surface area contributed by atoms with Crippen molar-refractivity contribution in [1.29, 1.82) is 0 Å². The third kappa shape index (κ3) is 5.58. The molecule has 202 valence electrons. The molecule has 0 heterocycles. The number of phenols is 2. The van der Waals surface area contributed by atoms with E-state index < -0.39 is 0 Å². The fraction of sp³-hybridized carbons (Fsp3) is 0.486. The van der Waals surface area contributed by atoms with Crippen LogP contribution in [0, 0.1) is 13.8 Å². The van der Waals surface area contributed by atoms with Gasteiger partial charge in [-0.25, -0.2) is 0 Å². The van der Waals surface area contributed by atoms with Gasteiger partial charge in [0.1, 0.15) is 17.2 Å². The molecule has 3 aromatic rings. The molecule has 38 heavy (non-hydrogen) atoms. The van der Waals surface area contributed by atoms with Gasteiger partial charge in [-0.15, -0.1) is 0 Å². The van der Waals surface area contributed by atoms with Crippen LogP contribution in [-0.4, -0.2) is 16.8 Å². The van der Waals surface area contributed by atoms with E-state index in [9.17, 15) is 10.2 Å². The lowest BCUT2D eigenvalue weighted by atomic mass is 9.76. The molecule has 0 unspecified atom stereocenters. The number of phenolic OH excluding ortho intramolecular Hbond substituents is 2. The van der Waals surface area contributed by atoms with E-state index in [1.807, 2.05) is 19.1 Å². The number of rotatable bonds is 7. The molecule has 5 rings (SSSR count). The molecule has 2 saturated carbocycles. The first-order chi connectivity index (χ1) is 18.5. The largest absolute Gasteiger partial charge is 0.508 e. The number of aryl methyl sites for hydroxylation is 2. The van der Waals surface area contributed by atoms with Crippen LogP contribution in [-0.2, 0) is 0 Å². The first-order valence-electron chi connectivity index (χ1n) is 14.9. The van der Waals surface area contributed by atoms with Crippen LogP contribution in [0.25, 0.3) is 0 Å². The third-order valence-electron chi connectivity index (χ3n) is 9.07. The summed E-state index contributed by atoms with van der Waals surface area (Å²) in [7, 11) is 0. The minimum atomic E-state index is 0.0107. The molecule has 0 spiro atoms. The second-order valence-electron chi connectivity index (χ2n) is 11.6. The van der Waals surface area contributed by atoms with E-state index >= 15 is 0 Å². The predicted octanol–water partition coefficient (Wildman–Crippen LogP) is 9.39. The zero-order valence-corrected chi connectivity index (χ0v) is 23.4. The van der Waals surface area contributed by atoms with Crippen LogP contribution < -0.4 is 4.74 Å². The van der Waals surface area contributed by atoms with Gasteiger partial charge in [0.2, 0.25) is 0 Å². The SMILES string of the molecule is CCOc1ccc(C(c2cc(C3CCCCC3)c(O)cc2C)c2cc(C3CCCCC3)c(O)cc2C)cc1. The molecule has 0 aromatic heterocycles. The zero-order chi connectivity index (χ0) is 26.6. The number of aromatic hydroxyl groups is 2. The topological polar surface area (TPSA) is 49.7 Å². The number of hydrogen-bond acceptors (Lipinski definition) is 3. The standard InChI is InChI=1S/C35H44O3/c1-4-38-28-17-15-27(16-18-28)35(29-21-31(33(36)19-23(29)2)25-11-7-5-8-12-25)30-22-32(34(37)20-24(30)3)26-13-9-6-10-14-26/h15-22,25-26,35-37H,4-14H2,1-3H3. The highest BCUT2D eigenvalue weighted by Crippen LogP contribution is 2.45. The van der Waals surface area contributed by atoms with Gasteiger partial charge in [0, 0.05) is 5.92 Å². The summed E-state index contributed by atoms with van der Waals surface area (Å²) < 4.78 is 5.76. The Balaban J connectivity index is 1.66. The summed E-state index contributed by atoms with van der Waals surface area (Å²) in [5.74, 6) is 2.61. The Morgan fingerprint density at radius 3 is 1.55 bits per heavy atom. The maximum Gasteiger partial charge on any atom is 0.119 e. The number of benzene rings is 3. The summed E-state index contributed by atoms with van der Waals surface area (Å²) in [5.41, 5.74) is 8.11. The Morgan fingerprint density at radius 1 is 0.684 bits per heavy atom. The van der Waals surface area contributed by atoms with Crippen molar-refractivity contribution in [3.8, 4) is 17.2 Å². The first kappa shape index (κ1) is 26.7. The Bertz CT molecular complexity index is 1160. The molecule has 3 heteroatoms. The highest BCUT2D eigenvalue weighted by atomic mass is 16.5. The molecular formula is C35H44O3. The molecule has 0 bridgehead atoms. The van der Waals surface area contributed by atoms with E-state index in [0.717, 1.165) is 53.7 Å². The summed E-state index contributed by atoms with van der Waals surface area (Å²) in [5, 5.41) is 22.1. The van der Waals surface area contributed by atoms with Crippen LogP contribution >= 0.6 is 0 Å². The Kier molecular flexibility index (Phi) is 8.31.